The second kappa shape index (κ2) is 7.05. The quantitative estimate of drug-likeness (QED) is 0.853. The Hall–Kier alpha value is -1.68. The number of hydrogen-bond acceptors (Lipinski definition) is 2. The first-order chi connectivity index (χ1) is 10.7. The van der Waals surface area contributed by atoms with Gasteiger partial charge in [0, 0.05) is 11.3 Å². The van der Waals surface area contributed by atoms with Gasteiger partial charge in [-0.3, -0.25) is 4.79 Å². The molecule has 0 bridgehead atoms. The summed E-state index contributed by atoms with van der Waals surface area (Å²) in [4.78, 5) is 13.4. The third kappa shape index (κ3) is 3.74. The Kier molecular flexibility index (Phi) is 4.88. The first kappa shape index (κ1) is 15.2. The molecule has 1 fully saturated rings. The van der Waals surface area contributed by atoms with Gasteiger partial charge in [-0.1, -0.05) is 31.0 Å². The summed E-state index contributed by atoms with van der Waals surface area (Å²) < 4.78 is 13.1. The van der Waals surface area contributed by atoms with E-state index in [9.17, 15) is 9.18 Å². The number of halogens is 1. The molecule has 0 saturated heterocycles. The minimum atomic E-state index is -0.258. The smallest absolute Gasteiger partial charge is 0.221 e. The highest BCUT2D eigenvalue weighted by molar-refractivity contribution is 7.10. The molecular formula is C18H20FNOS. The van der Waals surface area contributed by atoms with Gasteiger partial charge in [0.2, 0.25) is 5.91 Å². The lowest BCUT2D eigenvalue weighted by atomic mass is 10.0. The molecule has 1 aromatic heterocycles. The Morgan fingerprint density at radius 1 is 1.23 bits per heavy atom. The van der Waals surface area contributed by atoms with Crippen molar-refractivity contribution in [2.24, 2.45) is 5.92 Å². The molecule has 3 rings (SSSR count). The predicted molar refractivity (Wildman–Crippen MR) is 87.3 cm³/mol. The molecule has 116 valence electrons. The van der Waals surface area contributed by atoms with Crippen molar-refractivity contribution in [2.75, 3.05) is 0 Å². The predicted octanol–water partition coefficient (Wildman–Crippen LogP) is 4.67. The van der Waals surface area contributed by atoms with Gasteiger partial charge < -0.3 is 5.32 Å². The number of rotatable bonds is 5. The molecule has 1 aliphatic rings. The van der Waals surface area contributed by atoms with E-state index < -0.39 is 0 Å². The summed E-state index contributed by atoms with van der Waals surface area (Å²) in [6.07, 6.45) is 5.40. The van der Waals surface area contributed by atoms with E-state index in [1.54, 1.807) is 23.5 Å². The summed E-state index contributed by atoms with van der Waals surface area (Å²) in [6.45, 7) is 0. The number of carbonyl (C=O) groups is 1. The molecular weight excluding hydrogens is 297 g/mol. The summed E-state index contributed by atoms with van der Waals surface area (Å²) in [7, 11) is 0. The molecule has 4 heteroatoms. The highest BCUT2D eigenvalue weighted by Crippen LogP contribution is 2.29. The minimum absolute atomic E-state index is 0.0922. The first-order valence-electron chi connectivity index (χ1n) is 7.80. The zero-order valence-electron chi connectivity index (χ0n) is 12.4. The molecule has 0 unspecified atom stereocenters. The van der Waals surface area contributed by atoms with E-state index in [0.717, 1.165) is 23.3 Å². The van der Waals surface area contributed by atoms with Gasteiger partial charge in [-0.25, -0.2) is 4.39 Å². The lowest BCUT2D eigenvalue weighted by molar-refractivity contribution is -0.122. The zero-order valence-corrected chi connectivity index (χ0v) is 13.2. The Labute approximate surface area is 134 Å². The SMILES string of the molecule is O=C(CC1CCCC1)N[C@@H](c1ccc(F)cc1)c1cccs1. The van der Waals surface area contributed by atoms with E-state index >= 15 is 0 Å². The maximum absolute atomic E-state index is 13.1. The summed E-state index contributed by atoms with van der Waals surface area (Å²) >= 11 is 1.61. The van der Waals surface area contributed by atoms with Crippen molar-refractivity contribution in [1.82, 2.24) is 5.32 Å². The molecule has 1 amide bonds. The number of benzene rings is 1. The van der Waals surface area contributed by atoms with Crippen LogP contribution in [0.4, 0.5) is 4.39 Å². The van der Waals surface area contributed by atoms with E-state index in [4.69, 9.17) is 0 Å². The lowest BCUT2D eigenvalue weighted by Crippen LogP contribution is -2.30. The van der Waals surface area contributed by atoms with E-state index in [2.05, 4.69) is 5.32 Å². The Bertz CT molecular complexity index is 603. The molecule has 1 heterocycles. The van der Waals surface area contributed by atoms with Crippen LogP contribution in [0.25, 0.3) is 0 Å². The number of amides is 1. The molecule has 22 heavy (non-hydrogen) atoms. The first-order valence-corrected chi connectivity index (χ1v) is 8.68. The van der Waals surface area contributed by atoms with Crippen LogP contribution in [-0.4, -0.2) is 5.91 Å². The van der Waals surface area contributed by atoms with Gasteiger partial charge in [-0.05, 0) is 47.9 Å². The van der Waals surface area contributed by atoms with Crippen LogP contribution < -0.4 is 5.32 Å². The van der Waals surface area contributed by atoms with Crippen molar-refractivity contribution in [3.05, 3.63) is 58.0 Å². The standard InChI is InChI=1S/C18H20FNOS/c19-15-9-7-14(8-10-15)18(16-6-3-11-22-16)20-17(21)12-13-4-1-2-5-13/h3,6-11,13,18H,1-2,4-5,12H2,(H,20,21)/t18-/m0/s1. The van der Waals surface area contributed by atoms with Crippen molar-refractivity contribution >= 4 is 17.2 Å². The van der Waals surface area contributed by atoms with Crippen LogP contribution in [0, 0.1) is 11.7 Å². The normalized spacial score (nSPS) is 16.6. The van der Waals surface area contributed by atoms with Crippen molar-refractivity contribution < 1.29 is 9.18 Å². The van der Waals surface area contributed by atoms with Gasteiger partial charge in [0.05, 0.1) is 6.04 Å². The molecule has 0 spiro atoms. The van der Waals surface area contributed by atoms with Crippen LogP contribution >= 0.6 is 11.3 Å². The van der Waals surface area contributed by atoms with E-state index in [0.29, 0.717) is 12.3 Å². The van der Waals surface area contributed by atoms with Crippen molar-refractivity contribution in [3.63, 3.8) is 0 Å². The molecule has 1 aliphatic carbocycles. The summed E-state index contributed by atoms with van der Waals surface area (Å²) in [5.74, 6) is 0.359. The van der Waals surface area contributed by atoms with Crippen LogP contribution in [0.2, 0.25) is 0 Å². The zero-order chi connectivity index (χ0) is 15.4. The highest BCUT2D eigenvalue weighted by atomic mass is 32.1. The second-order valence-corrected chi connectivity index (χ2v) is 6.90. The fourth-order valence-electron chi connectivity index (χ4n) is 3.13. The Balaban J connectivity index is 1.74. The molecule has 2 nitrogen and oxygen atoms in total. The molecule has 1 aromatic carbocycles. The number of nitrogens with one attached hydrogen (secondary N) is 1. The number of carbonyl (C=O) groups excluding carboxylic acids is 1. The van der Waals surface area contributed by atoms with E-state index in [-0.39, 0.29) is 17.8 Å². The van der Waals surface area contributed by atoms with Crippen LogP contribution in [0.5, 0.6) is 0 Å². The van der Waals surface area contributed by atoms with Gasteiger partial charge in [-0.2, -0.15) is 0 Å². The molecule has 1 N–H and O–H groups in total. The summed E-state index contributed by atoms with van der Waals surface area (Å²) in [6, 6.07) is 10.2. The number of hydrogen-bond donors (Lipinski definition) is 1. The fourth-order valence-corrected chi connectivity index (χ4v) is 3.93. The van der Waals surface area contributed by atoms with Crippen LogP contribution in [0.3, 0.4) is 0 Å². The fraction of sp³-hybridized carbons (Fsp3) is 0.389. The molecule has 2 aromatic rings. The van der Waals surface area contributed by atoms with Crippen molar-refractivity contribution in [1.29, 1.82) is 0 Å². The Morgan fingerprint density at radius 3 is 2.59 bits per heavy atom. The third-order valence-electron chi connectivity index (χ3n) is 4.29. The third-order valence-corrected chi connectivity index (χ3v) is 5.22. The van der Waals surface area contributed by atoms with Crippen molar-refractivity contribution in [3.8, 4) is 0 Å². The molecule has 0 radical (unpaired) electrons. The molecule has 1 saturated carbocycles. The number of thiophene rings is 1. The van der Waals surface area contributed by atoms with Crippen LogP contribution in [0.15, 0.2) is 41.8 Å². The van der Waals surface area contributed by atoms with Crippen molar-refractivity contribution in [2.45, 2.75) is 38.1 Å². The lowest BCUT2D eigenvalue weighted by Gasteiger charge is -2.19. The molecule has 0 aliphatic heterocycles. The maximum atomic E-state index is 13.1. The van der Waals surface area contributed by atoms with Crippen LogP contribution in [0.1, 0.15) is 48.6 Å². The summed E-state index contributed by atoms with van der Waals surface area (Å²) in [5.41, 5.74) is 0.920. The van der Waals surface area contributed by atoms with Gasteiger partial charge in [0.15, 0.2) is 0 Å². The topological polar surface area (TPSA) is 29.1 Å². The van der Waals surface area contributed by atoms with Crippen LogP contribution in [-0.2, 0) is 4.79 Å². The van der Waals surface area contributed by atoms with Gasteiger partial charge in [-0.15, -0.1) is 11.3 Å². The van der Waals surface area contributed by atoms with Gasteiger partial charge in [0.25, 0.3) is 0 Å². The average Bonchev–Trinajstić information content (AvgIpc) is 3.19. The van der Waals surface area contributed by atoms with E-state index in [1.165, 1.54) is 25.0 Å². The second-order valence-electron chi connectivity index (χ2n) is 5.92. The van der Waals surface area contributed by atoms with Gasteiger partial charge in [0.1, 0.15) is 5.82 Å². The average molecular weight is 317 g/mol. The Morgan fingerprint density at radius 2 is 1.95 bits per heavy atom. The molecule has 1 atom stereocenters. The monoisotopic (exact) mass is 317 g/mol. The highest BCUT2D eigenvalue weighted by Gasteiger charge is 2.22. The van der Waals surface area contributed by atoms with E-state index in [1.807, 2.05) is 17.5 Å². The minimum Gasteiger partial charge on any atom is -0.344 e. The maximum Gasteiger partial charge on any atom is 0.221 e. The largest absolute Gasteiger partial charge is 0.344 e. The summed E-state index contributed by atoms with van der Waals surface area (Å²) in [5, 5.41) is 5.13. The van der Waals surface area contributed by atoms with Gasteiger partial charge >= 0.3 is 0 Å².